The number of alkyl halides is 1. The van der Waals surface area contributed by atoms with Crippen molar-refractivity contribution in [2.45, 2.75) is 51.0 Å². The molecule has 4 fully saturated rings. The number of halogens is 1. The molecule has 4 aliphatic carbocycles. The minimum Gasteiger partial charge on any atom is -0.446 e. The van der Waals surface area contributed by atoms with E-state index in [0.717, 1.165) is 37.0 Å². The lowest BCUT2D eigenvalue weighted by Gasteiger charge is -2.55. The molecule has 0 radical (unpaired) electrons. The van der Waals surface area contributed by atoms with E-state index >= 15 is 0 Å². The predicted octanol–water partition coefficient (Wildman–Crippen LogP) is 3.33. The maximum atomic E-state index is 12.2. The molecular formula is C13H19ClO2. The van der Waals surface area contributed by atoms with Crippen LogP contribution in [0.3, 0.4) is 0 Å². The Morgan fingerprint density at radius 1 is 1.19 bits per heavy atom. The van der Waals surface area contributed by atoms with Gasteiger partial charge < -0.3 is 4.74 Å². The first-order chi connectivity index (χ1) is 7.57. The second kappa shape index (κ2) is 3.63. The largest absolute Gasteiger partial charge is 0.446 e. The summed E-state index contributed by atoms with van der Waals surface area (Å²) >= 11 is 5.77. The van der Waals surface area contributed by atoms with Gasteiger partial charge in [0.25, 0.3) is 0 Å². The summed E-state index contributed by atoms with van der Waals surface area (Å²) in [6.07, 6.45) is 7.22. The highest BCUT2D eigenvalue weighted by molar-refractivity contribution is 6.20. The molecule has 4 rings (SSSR count). The van der Waals surface area contributed by atoms with Crippen LogP contribution in [0.15, 0.2) is 0 Å². The molecule has 0 amide bonds. The first kappa shape index (κ1) is 10.9. The van der Waals surface area contributed by atoms with Crippen molar-refractivity contribution < 1.29 is 9.53 Å². The standard InChI is InChI=1S/C13H19ClO2/c1-8(14)16-12(15)13-5-9-2-10(6-13)4-11(3-9)7-13/h8-11H,2-7H2,1H3/t8-,9?,10?,11?,13?/m1/s1. The van der Waals surface area contributed by atoms with Crippen LogP contribution < -0.4 is 0 Å². The molecule has 0 aliphatic heterocycles. The highest BCUT2D eigenvalue weighted by Gasteiger charge is 2.55. The average Bonchev–Trinajstić information content (AvgIpc) is 2.13. The Bertz CT molecular complexity index is 276. The van der Waals surface area contributed by atoms with Gasteiger partial charge in [-0.15, -0.1) is 0 Å². The van der Waals surface area contributed by atoms with Gasteiger partial charge in [0.2, 0.25) is 0 Å². The molecule has 0 aromatic rings. The molecule has 0 N–H and O–H groups in total. The van der Waals surface area contributed by atoms with Crippen molar-refractivity contribution >= 4 is 17.6 Å². The maximum Gasteiger partial charge on any atom is 0.313 e. The van der Waals surface area contributed by atoms with Gasteiger partial charge in [-0.25, -0.2) is 0 Å². The zero-order chi connectivity index (χ0) is 11.3. The Kier molecular flexibility index (Phi) is 2.47. The van der Waals surface area contributed by atoms with E-state index in [4.69, 9.17) is 16.3 Å². The molecule has 2 nitrogen and oxygen atoms in total. The third-order valence-electron chi connectivity index (χ3n) is 4.74. The summed E-state index contributed by atoms with van der Waals surface area (Å²) in [5, 5.41) is 0. The Morgan fingerprint density at radius 2 is 1.62 bits per heavy atom. The van der Waals surface area contributed by atoms with Gasteiger partial charge in [-0.3, -0.25) is 4.79 Å². The van der Waals surface area contributed by atoms with Crippen LogP contribution in [-0.4, -0.2) is 11.5 Å². The highest BCUT2D eigenvalue weighted by Crippen LogP contribution is 2.60. The van der Waals surface area contributed by atoms with E-state index < -0.39 is 5.56 Å². The van der Waals surface area contributed by atoms with Crippen LogP contribution >= 0.6 is 11.6 Å². The second-order valence-corrected chi connectivity index (χ2v) is 6.76. The third-order valence-corrected chi connectivity index (χ3v) is 4.83. The van der Waals surface area contributed by atoms with E-state index in [9.17, 15) is 4.79 Å². The van der Waals surface area contributed by atoms with E-state index in [-0.39, 0.29) is 11.4 Å². The molecule has 1 atom stereocenters. The van der Waals surface area contributed by atoms with Gasteiger partial charge in [-0.2, -0.15) is 0 Å². The lowest BCUT2D eigenvalue weighted by Crippen LogP contribution is -2.50. The fourth-order valence-corrected chi connectivity index (χ4v) is 4.71. The molecule has 16 heavy (non-hydrogen) atoms. The van der Waals surface area contributed by atoms with Crippen molar-refractivity contribution in [3.8, 4) is 0 Å². The highest BCUT2D eigenvalue weighted by atomic mass is 35.5. The number of esters is 1. The molecule has 90 valence electrons. The van der Waals surface area contributed by atoms with E-state index in [1.807, 2.05) is 0 Å². The number of carbonyl (C=O) groups excluding carboxylic acids is 1. The summed E-state index contributed by atoms with van der Waals surface area (Å²) in [4.78, 5) is 12.2. The number of rotatable bonds is 2. The van der Waals surface area contributed by atoms with Crippen molar-refractivity contribution in [2.24, 2.45) is 23.2 Å². The number of ether oxygens (including phenoxy) is 1. The topological polar surface area (TPSA) is 26.3 Å². The minimum atomic E-state index is -0.486. The quantitative estimate of drug-likeness (QED) is 0.549. The van der Waals surface area contributed by atoms with E-state index in [0.29, 0.717) is 0 Å². The summed E-state index contributed by atoms with van der Waals surface area (Å²) in [5.41, 5.74) is -0.641. The molecule has 0 aromatic carbocycles. The maximum absolute atomic E-state index is 12.2. The van der Waals surface area contributed by atoms with Crippen LogP contribution in [0.5, 0.6) is 0 Å². The van der Waals surface area contributed by atoms with Gasteiger partial charge in [0.05, 0.1) is 5.41 Å². The van der Waals surface area contributed by atoms with Crippen molar-refractivity contribution in [3.05, 3.63) is 0 Å². The van der Waals surface area contributed by atoms with Crippen LogP contribution in [0, 0.1) is 23.2 Å². The zero-order valence-corrected chi connectivity index (χ0v) is 10.5. The van der Waals surface area contributed by atoms with Crippen molar-refractivity contribution in [3.63, 3.8) is 0 Å². The van der Waals surface area contributed by atoms with Crippen LogP contribution in [-0.2, 0) is 9.53 Å². The van der Waals surface area contributed by atoms with Crippen molar-refractivity contribution in [2.75, 3.05) is 0 Å². The summed E-state index contributed by atoms with van der Waals surface area (Å²) in [5.74, 6) is 2.33. The Balaban J connectivity index is 1.80. The molecule has 0 unspecified atom stereocenters. The number of carbonyl (C=O) groups is 1. The molecule has 4 aliphatic rings. The lowest BCUT2D eigenvalue weighted by atomic mass is 9.49. The lowest BCUT2D eigenvalue weighted by molar-refractivity contribution is -0.172. The van der Waals surface area contributed by atoms with Gasteiger partial charge in [0.15, 0.2) is 5.56 Å². The summed E-state index contributed by atoms with van der Waals surface area (Å²) in [6, 6.07) is 0. The summed E-state index contributed by atoms with van der Waals surface area (Å²) in [6.45, 7) is 1.72. The van der Waals surface area contributed by atoms with Crippen LogP contribution in [0.4, 0.5) is 0 Å². The SMILES string of the molecule is C[C@H](Cl)OC(=O)C12CC3CC(CC(C3)C1)C2. The monoisotopic (exact) mass is 242 g/mol. The minimum absolute atomic E-state index is 0.0194. The molecule has 0 aromatic heterocycles. The molecular weight excluding hydrogens is 224 g/mol. The van der Waals surface area contributed by atoms with Gasteiger partial charge >= 0.3 is 5.97 Å². The molecule has 0 spiro atoms. The fourth-order valence-electron chi connectivity index (χ4n) is 4.63. The molecule has 0 heterocycles. The van der Waals surface area contributed by atoms with Crippen LogP contribution in [0.1, 0.15) is 45.4 Å². The fraction of sp³-hybridized carbons (Fsp3) is 0.923. The molecule has 3 heteroatoms. The first-order valence-corrected chi connectivity index (χ1v) is 6.86. The normalized spacial score (nSPS) is 46.8. The Morgan fingerprint density at radius 3 is 2.00 bits per heavy atom. The third kappa shape index (κ3) is 1.66. The van der Waals surface area contributed by atoms with Gasteiger partial charge in [-0.05, 0) is 63.2 Å². The molecule has 4 bridgehead atoms. The van der Waals surface area contributed by atoms with Gasteiger partial charge in [0, 0.05) is 0 Å². The van der Waals surface area contributed by atoms with E-state index in [2.05, 4.69) is 0 Å². The molecule has 0 saturated heterocycles. The second-order valence-electron chi connectivity index (χ2n) is 6.15. The van der Waals surface area contributed by atoms with Crippen LogP contribution in [0.2, 0.25) is 0 Å². The predicted molar refractivity (Wildman–Crippen MR) is 62.0 cm³/mol. The smallest absolute Gasteiger partial charge is 0.313 e. The number of hydrogen-bond acceptors (Lipinski definition) is 2. The number of hydrogen-bond donors (Lipinski definition) is 0. The Hall–Kier alpha value is -0.240. The van der Waals surface area contributed by atoms with E-state index in [1.165, 1.54) is 19.3 Å². The summed E-state index contributed by atoms with van der Waals surface area (Å²) < 4.78 is 5.26. The van der Waals surface area contributed by atoms with Gasteiger partial charge in [-0.1, -0.05) is 11.6 Å². The zero-order valence-electron chi connectivity index (χ0n) is 9.75. The summed E-state index contributed by atoms with van der Waals surface area (Å²) in [7, 11) is 0. The van der Waals surface area contributed by atoms with Crippen molar-refractivity contribution in [1.82, 2.24) is 0 Å². The first-order valence-electron chi connectivity index (χ1n) is 6.42. The molecule has 4 saturated carbocycles. The van der Waals surface area contributed by atoms with Crippen LogP contribution in [0.25, 0.3) is 0 Å². The Labute approximate surface area is 102 Å². The van der Waals surface area contributed by atoms with E-state index in [1.54, 1.807) is 6.92 Å². The van der Waals surface area contributed by atoms with Crippen molar-refractivity contribution in [1.29, 1.82) is 0 Å². The van der Waals surface area contributed by atoms with Gasteiger partial charge in [0.1, 0.15) is 0 Å². The average molecular weight is 243 g/mol.